The van der Waals surface area contributed by atoms with Gasteiger partial charge in [-0.1, -0.05) is 71.0 Å². The van der Waals surface area contributed by atoms with Gasteiger partial charge >= 0.3 is 29.8 Å². The van der Waals surface area contributed by atoms with Crippen LogP contribution in [0.25, 0.3) is 0 Å². The van der Waals surface area contributed by atoms with Crippen LogP contribution in [0.5, 0.6) is 0 Å². The van der Waals surface area contributed by atoms with Crippen LogP contribution >= 0.6 is 0 Å². The van der Waals surface area contributed by atoms with E-state index in [4.69, 9.17) is 18.9 Å². The maximum absolute atomic E-state index is 13.2. The Hall–Kier alpha value is -3.89. The predicted octanol–water partition coefficient (Wildman–Crippen LogP) is 2.08. The molecule has 0 spiro atoms. The monoisotopic (exact) mass is 708 g/mol. The summed E-state index contributed by atoms with van der Waals surface area (Å²) in [5.74, 6) is -12.0. The minimum Gasteiger partial charge on any atom is -0.479 e. The Labute approximate surface area is 289 Å². The molecule has 15 heteroatoms. The molecule has 2 fully saturated rings. The van der Waals surface area contributed by atoms with Gasteiger partial charge in [0.15, 0.2) is 6.10 Å². The van der Waals surface area contributed by atoms with E-state index in [1.807, 2.05) is 44.2 Å². The highest BCUT2D eigenvalue weighted by Gasteiger charge is 2.85. The van der Waals surface area contributed by atoms with Crippen LogP contribution in [-0.2, 0) is 49.3 Å². The van der Waals surface area contributed by atoms with Gasteiger partial charge in [-0.05, 0) is 42.2 Å². The van der Waals surface area contributed by atoms with Crippen LogP contribution in [0, 0.1) is 17.8 Å². The van der Waals surface area contributed by atoms with E-state index in [-0.39, 0.29) is 23.8 Å². The van der Waals surface area contributed by atoms with Gasteiger partial charge in [-0.2, -0.15) is 0 Å². The zero-order chi connectivity index (χ0) is 37.8. The van der Waals surface area contributed by atoms with Gasteiger partial charge < -0.3 is 49.6 Å². The van der Waals surface area contributed by atoms with Crippen LogP contribution in [0.15, 0.2) is 42.5 Å². The van der Waals surface area contributed by atoms with Crippen molar-refractivity contribution >= 4 is 29.8 Å². The number of carboxylic acid groups (broad SMARTS) is 3. The Kier molecular flexibility index (Phi) is 13.0. The number of rotatable bonds is 18. The summed E-state index contributed by atoms with van der Waals surface area (Å²) in [6.45, 7) is 12.6. The zero-order valence-electron chi connectivity index (χ0n) is 28.8. The van der Waals surface area contributed by atoms with Crippen molar-refractivity contribution < 1.29 is 73.6 Å². The molecule has 3 rings (SSSR count). The predicted molar refractivity (Wildman–Crippen MR) is 172 cm³/mol. The lowest BCUT2D eigenvalue weighted by atomic mass is 9.74. The molecule has 0 saturated carbocycles. The lowest BCUT2D eigenvalue weighted by Crippen LogP contribution is -2.78. The van der Waals surface area contributed by atoms with Gasteiger partial charge in [-0.25, -0.2) is 14.4 Å². The zero-order valence-corrected chi connectivity index (χ0v) is 28.8. The molecule has 0 radical (unpaired) electrons. The second-order valence-electron chi connectivity index (χ2n) is 13.6. The summed E-state index contributed by atoms with van der Waals surface area (Å²) in [5.41, 5.74) is -6.41. The number of esters is 2. The third-order valence-electron chi connectivity index (χ3n) is 9.77. The van der Waals surface area contributed by atoms with Crippen molar-refractivity contribution in [3.63, 3.8) is 0 Å². The Morgan fingerprint density at radius 1 is 1.00 bits per heavy atom. The van der Waals surface area contributed by atoms with Crippen LogP contribution in [0.2, 0.25) is 0 Å². The first kappa shape index (κ1) is 40.5. The fraction of sp³-hybridized carbons (Fsp3) is 0.629. The van der Waals surface area contributed by atoms with Crippen molar-refractivity contribution in [1.82, 2.24) is 0 Å². The highest BCUT2D eigenvalue weighted by molar-refractivity contribution is 5.98. The second kappa shape index (κ2) is 16.0. The number of fused-ring (bicyclic) bond motifs is 2. The molecule has 0 amide bonds. The molecule has 0 aromatic heterocycles. The van der Waals surface area contributed by atoms with Crippen molar-refractivity contribution in [3.05, 3.63) is 48.0 Å². The molecule has 2 bridgehead atoms. The number of aliphatic carboxylic acids is 3. The number of benzene rings is 1. The molecule has 2 heterocycles. The van der Waals surface area contributed by atoms with Gasteiger partial charge in [0.25, 0.3) is 0 Å². The van der Waals surface area contributed by atoms with Gasteiger partial charge in [-0.3, -0.25) is 9.59 Å². The second-order valence-corrected chi connectivity index (χ2v) is 13.6. The molecular weight excluding hydrogens is 660 g/mol. The van der Waals surface area contributed by atoms with Crippen LogP contribution in [0.4, 0.5) is 0 Å². The van der Waals surface area contributed by atoms with Crippen molar-refractivity contribution in [2.45, 2.75) is 121 Å². The number of carboxylic acids is 3. The standard InChI is InChI=1S/C35H48O15/c1-7-18(2)15-20(4)24(37)17-25(38)48-28-27(39)33(49-29(30(40)41)34(46,31(42)43)35(28,50-33)32(44)45)14-13-19(3)26(47-22(6)36)21(5)16-23-11-9-8-10-12-23/h8-12,18,20-21,24,26-29,37,39,46H,3,7,13-17H2,1-2,4-6H3,(H,40,41)(H,42,43)(H,44,45)/t18?,20?,21-,24?,26-,27-,28-,29-,33-,34-,35-/m1/s1. The number of carbonyl (C=O) groups is 5. The summed E-state index contributed by atoms with van der Waals surface area (Å²) < 4.78 is 22.0. The minimum absolute atomic E-state index is 0.197. The number of carbonyl (C=O) groups excluding carboxylic acids is 2. The maximum atomic E-state index is 13.2. The molecule has 1 aromatic rings. The third-order valence-corrected chi connectivity index (χ3v) is 9.77. The first-order valence-electron chi connectivity index (χ1n) is 16.5. The van der Waals surface area contributed by atoms with Gasteiger partial charge in [0, 0.05) is 19.3 Å². The molecule has 6 N–H and O–H groups in total. The van der Waals surface area contributed by atoms with E-state index in [2.05, 4.69) is 6.58 Å². The van der Waals surface area contributed by atoms with Crippen LogP contribution in [0.1, 0.15) is 72.3 Å². The van der Waals surface area contributed by atoms with Crippen molar-refractivity contribution in [1.29, 1.82) is 0 Å². The molecule has 278 valence electrons. The first-order chi connectivity index (χ1) is 23.3. The van der Waals surface area contributed by atoms with Gasteiger partial charge in [-0.15, -0.1) is 0 Å². The molecule has 11 atom stereocenters. The van der Waals surface area contributed by atoms with Crippen molar-refractivity contribution in [2.75, 3.05) is 0 Å². The fourth-order valence-corrected chi connectivity index (χ4v) is 6.82. The van der Waals surface area contributed by atoms with E-state index in [0.29, 0.717) is 12.8 Å². The summed E-state index contributed by atoms with van der Waals surface area (Å²) in [6, 6.07) is 9.24. The molecule has 2 saturated heterocycles. The lowest BCUT2D eigenvalue weighted by molar-refractivity contribution is -0.374. The highest BCUT2D eigenvalue weighted by Crippen LogP contribution is 2.56. The number of aliphatic hydroxyl groups excluding tert-OH is 2. The smallest absolute Gasteiger partial charge is 0.344 e. The number of ether oxygens (including phenoxy) is 4. The average Bonchev–Trinajstić information content (AvgIpc) is 3.25. The van der Waals surface area contributed by atoms with Gasteiger partial charge in [0.1, 0.15) is 12.2 Å². The van der Waals surface area contributed by atoms with E-state index < -0.39 is 96.1 Å². The maximum Gasteiger partial charge on any atom is 0.344 e. The molecule has 0 aliphatic carbocycles. The normalized spacial score (nSPS) is 30.3. The fourth-order valence-electron chi connectivity index (χ4n) is 6.82. The number of hydrogen-bond donors (Lipinski definition) is 6. The van der Waals surface area contributed by atoms with Crippen molar-refractivity contribution in [3.8, 4) is 0 Å². The largest absolute Gasteiger partial charge is 0.479 e. The molecule has 2 aliphatic rings. The van der Waals surface area contributed by atoms with Crippen LogP contribution < -0.4 is 0 Å². The Morgan fingerprint density at radius 2 is 1.62 bits per heavy atom. The van der Waals surface area contributed by atoms with Gasteiger partial charge in [0.2, 0.25) is 23.1 Å². The number of hydrogen-bond acceptors (Lipinski definition) is 12. The SMILES string of the molecule is C=C(CC[C@@]12O[C@H](C(=O)O)[C@@](O)(C(=O)O)[C@@](C(=O)O)(O1)[C@H](OC(=O)CC(O)C(C)CC(C)CC)[C@H]2O)[C@@H](OC(C)=O)[C@H](C)Cc1ccccc1. The summed E-state index contributed by atoms with van der Waals surface area (Å²) in [4.78, 5) is 63.2. The lowest BCUT2D eigenvalue weighted by Gasteiger charge is -2.48. The Morgan fingerprint density at radius 3 is 2.14 bits per heavy atom. The minimum atomic E-state index is -3.94. The molecule has 2 aliphatic heterocycles. The summed E-state index contributed by atoms with van der Waals surface area (Å²) >= 11 is 0. The Bertz CT molecular complexity index is 1430. The van der Waals surface area contributed by atoms with E-state index in [0.717, 1.165) is 12.0 Å². The summed E-state index contributed by atoms with van der Waals surface area (Å²) in [6.07, 6.45) is -9.82. The summed E-state index contributed by atoms with van der Waals surface area (Å²) in [5, 5.41) is 64.3. The first-order valence-corrected chi connectivity index (χ1v) is 16.5. The number of aliphatic hydroxyl groups is 3. The average molecular weight is 709 g/mol. The Balaban J connectivity index is 2.00. The van der Waals surface area contributed by atoms with Crippen molar-refractivity contribution in [2.24, 2.45) is 17.8 Å². The summed E-state index contributed by atoms with van der Waals surface area (Å²) in [7, 11) is 0. The van der Waals surface area contributed by atoms with Crippen LogP contribution in [0.3, 0.4) is 0 Å². The van der Waals surface area contributed by atoms with Gasteiger partial charge in [0.05, 0.1) is 12.5 Å². The quantitative estimate of drug-likeness (QED) is 0.0944. The third kappa shape index (κ3) is 7.86. The molecule has 3 unspecified atom stereocenters. The van der Waals surface area contributed by atoms with E-state index >= 15 is 0 Å². The molecular formula is C35H48O15. The van der Waals surface area contributed by atoms with E-state index in [1.165, 1.54) is 6.92 Å². The topological polar surface area (TPSA) is 244 Å². The molecule has 15 nitrogen and oxygen atoms in total. The highest BCUT2D eigenvalue weighted by atomic mass is 16.8. The van der Waals surface area contributed by atoms with E-state index in [9.17, 15) is 54.6 Å². The molecule has 1 aromatic carbocycles. The van der Waals surface area contributed by atoms with E-state index in [1.54, 1.807) is 13.8 Å². The van der Waals surface area contributed by atoms with Crippen LogP contribution in [-0.4, -0.2) is 108 Å². The molecule has 50 heavy (non-hydrogen) atoms.